The summed E-state index contributed by atoms with van der Waals surface area (Å²) in [7, 11) is 2.18. The summed E-state index contributed by atoms with van der Waals surface area (Å²) in [6, 6.07) is 0. The Morgan fingerprint density at radius 2 is 2.18 bits per heavy atom. The van der Waals surface area contributed by atoms with Gasteiger partial charge in [-0.25, -0.2) is 4.98 Å². The maximum Gasteiger partial charge on any atom is 0.120 e. The number of hydrogen-bond acceptors (Lipinski definition) is 2. The van der Waals surface area contributed by atoms with Gasteiger partial charge in [-0.15, -0.1) is 0 Å². The second kappa shape index (κ2) is 6.80. The van der Waals surface area contributed by atoms with Crippen molar-refractivity contribution >= 4 is 0 Å². The highest BCUT2D eigenvalue weighted by Crippen LogP contribution is 2.27. The first-order valence-electron chi connectivity index (χ1n) is 7.01. The first-order chi connectivity index (χ1) is 8.34. The van der Waals surface area contributed by atoms with Crippen LogP contribution in [0.4, 0.5) is 0 Å². The predicted octanol–water partition coefficient (Wildman–Crippen LogP) is 3.20. The molecule has 3 heteroatoms. The Morgan fingerprint density at radius 1 is 1.35 bits per heavy atom. The third kappa shape index (κ3) is 4.50. The van der Waals surface area contributed by atoms with Crippen molar-refractivity contribution < 1.29 is 0 Å². The van der Waals surface area contributed by atoms with E-state index < -0.39 is 0 Å². The van der Waals surface area contributed by atoms with Gasteiger partial charge in [0.15, 0.2) is 0 Å². The lowest BCUT2D eigenvalue weighted by atomic mass is 9.86. The Hall–Kier alpha value is -0.830. The van der Waals surface area contributed by atoms with Crippen molar-refractivity contribution in [3.8, 4) is 0 Å². The molecule has 1 saturated carbocycles. The van der Waals surface area contributed by atoms with E-state index in [1.807, 2.05) is 12.4 Å². The van der Waals surface area contributed by atoms with Gasteiger partial charge in [-0.3, -0.25) is 4.90 Å². The van der Waals surface area contributed by atoms with E-state index in [0.717, 1.165) is 18.3 Å². The Bertz CT molecular complexity index is 288. The molecule has 0 unspecified atom stereocenters. The standard InChI is InChI=1S/C14H25N3/c1-17(12-14-15-9-10-16-14)11-5-8-13-6-3-2-4-7-13/h9-10,13H,2-8,11-12H2,1H3,(H,15,16). The molecule has 0 saturated heterocycles. The van der Waals surface area contributed by atoms with Crippen LogP contribution in [0.1, 0.15) is 50.8 Å². The number of nitrogens with one attached hydrogen (secondary N) is 1. The van der Waals surface area contributed by atoms with Crippen LogP contribution in [0, 0.1) is 5.92 Å². The molecule has 96 valence electrons. The molecule has 1 fully saturated rings. The molecule has 3 nitrogen and oxygen atoms in total. The molecule has 0 atom stereocenters. The lowest BCUT2D eigenvalue weighted by Gasteiger charge is -2.22. The second-order valence-corrected chi connectivity index (χ2v) is 5.42. The highest BCUT2D eigenvalue weighted by atomic mass is 15.1. The molecule has 1 heterocycles. The van der Waals surface area contributed by atoms with Crippen LogP contribution in [-0.4, -0.2) is 28.5 Å². The molecule has 0 aromatic carbocycles. The monoisotopic (exact) mass is 235 g/mol. The lowest BCUT2D eigenvalue weighted by molar-refractivity contribution is 0.277. The van der Waals surface area contributed by atoms with Crippen molar-refractivity contribution in [1.82, 2.24) is 14.9 Å². The maximum atomic E-state index is 4.26. The van der Waals surface area contributed by atoms with Gasteiger partial charge in [0.1, 0.15) is 5.82 Å². The highest BCUT2D eigenvalue weighted by Gasteiger charge is 2.13. The predicted molar refractivity (Wildman–Crippen MR) is 70.7 cm³/mol. The average Bonchev–Trinajstić information content (AvgIpc) is 2.83. The highest BCUT2D eigenvalue weighted by molar-refractivity contribution is 4.86. The lowest BCUT2D eigenvalue weighted by Crippen LogP contribution is -2.20. The largest absolute Gasteiger partial charge is 0.348 e. The molecular formula is C14H25N3. The van der Waals surface area contributed by atoms with Crippen molar-refractivity contribution in [3.63, 3.8) is 0 Å². The fourth-order valence-corrected chi connectivity index (χ4v) is 2.84. The average molecular weight is 235 g/mol. The number of nitrogens with zero attached hydrogens (tertiary/aromatic N) is 2. The van der Waals surface area contributed by atoms with Crippen LogP contribution in [-0.2, 0) is 6.54 Å². The second-order valence-electron chi connectivity index (χ2n) is 5.42. The van der Waals surface area contributed by atoms with Gasteiger partial charge in [0, 0.05) is 12.4 Å². The van der Waals surface area contributed by atoms with Gasteiger partial charge >= 0.3 is 0 Å². The van der Waals surface area contributed by atoms with Gasteiger partial charge in [-0.05, 0) is 32.4 Å². The number of aromatic nitrogens is 2. The minimum absolute atomic E-state index is 0.942. The Labute approximate surface area is 105 Å². The molecule has 1 aromatic heterocycles. The molecule has 1 aliphatic rings. The van der Waals surface area contributed by atoms with E-state index in [1.54, 1.807) is 0 Å². The molecule has 1 N–H and O–H groups in total. The Kier molecular flexibility index (Phi) is 5.05. The minimum Gasteiger partial charge on any atom is -0.348 e. The summed E-state index contributed by atoms with van der Waals surface area (Å²) in [6.45, 7) is 2.13. The first kappa shape index (κ1) is 12.6. The van der Waals surface area contributed by atoms with Crippen molar-refractivity contribution in [1.29, 1.82) is 0 Å². The van der Waals surface area contributed by atoms with E-state index >= 15 is 0 Å². The zero-order valence-corrected chi connectivity index (χ0v) is 11.0. The SMILES string of the molecule is CN(CCCC1CCCCC1)Cc1ncc[nH]1. The van der Waals surface area contributed by atoms with Gasteiger partial charge in [0.2, 0.25) is 0 Å². The fraction of sp³-hybridized carbons (Fsp3) is 0.786. The molecule has 0 bridgehead atoms. The quantitative estimate of drug-likeness (QED) is 0.821. The van der Waals surface area contributed by atoms with Crippen molar-refractivity contribution in [3.05, 3.63) is 18.2 Å². The zero-order chi connectivity index (χ0) is 11.9. The van der Waals surface area contributed by atoms with Crippen LogP contribution in [0.3, 0.4) is 0 Å². The maximum absolute atomic E-state index is 4.26. The summed E-state index contributed by atoms with van der Waals surface area (Å²) in [5.74, 6) is 2.09. The number of H-pyrrole nitrogens is 1. The van der Waals surface area contributed by atoms with E-state index in [4.69, 9.17) is 0 Å². The zero-order valence-electron chi connectivity index (χ0n) is 11.0. The van der Waals surface area contributed by atoms with Crippen molar-refractivity contribution in [2.24, 2.45) is 5.92 Å². The molecule has 17 heavy (non-hydrogen) atoms. The molecule has 1 aromatic rings. The number of imidazole rings is 1. The summed E-state index contributed by atoms with van der Waals surface area (Å²) >= 11 is 0. The van der Waals surface area contributed by atoms with Gasteiger partial charge in [0.05, 0.1) is 6.54 Å². The molecule has 0 spiro atoms. The molecular weight excluding hydrogens is 210 g/mol. The fourth-order valence-electron chi connectivity index (χ4n) is 2.84. The number of hydrogen-bond donors (Lipinski definition) is 1. The van der Waals surface area contributed by atoms with Crippen molar-refractivity contribution in [2.45, 2.75) is 51.5 Å². The summed E-state index contributed by atoms with van der Waals surface area (Å²) in [5, 5.41) is 0. The van der Waals surface area contributed by atoms with E-state index in [2.05, 4.69) is 21.9 Å². The van der Waals surface area contributed by atoms with Crippen LogP contribution >= 0.6 is 0 Å². The van der Waals surface area contributed by atoms with Gasteiger partial charge < -0.3 is 4.98 Å². The van der Waals surface area contributed by atoms with Crippen LogP contribution in [0.2, 0.25) is 0 Å². The van der Waals surface area contributed by atoms with Crippen molar-refractivity contribution in [2.75, 3.05) is 13.6 Å². The summed E-state index contributed by atoms with van der Waals surface area (Å²) in [4.78, 5) is 9.77. The molecule has 1 aliphatic carbocycles. The number of rotatable bonds is 6. The number of aromatic amines is 1. The van der Waals surface area contributed by atoms with Crippen LogP contribution in [0.15, 0.2) is 12.4 Å². The topological polar surface area (TPSA) is 31.9 Å². The first-order valence-corrected chi connectivity index (χ1v) is 7.01. The third-order valence-electron chi connectivity index (χ3n) is 3.85. The van der Waals surface area contributed by atoms with Crippen LogP contribution in [0.25, 0.3) is 0 Å². The third-order valence-corrected chi connectivity index (χ3v) is 3.85. The van der Waals surface area contributed by atoms with Crippen LogP contribution < -0.4 is 0 Å². The van der Waals surface area contributed by atoms with Gasteiger partial charge in [0.25, 0.3) is 0 Å². The van der Waals surface area contributed by atoms with Crippen LogP contribution in [0.5, 0.6) is 0 Å². The molecule has 0 amide bonds. The summed E-state index contributed by atoms with van der Waals surface area (Å²) in [5.41, 5.74) is 0. The van der Waals surface area contributed by atoms with E-state index in [1.165, 1.54) is 51.5 Å². The Balaban J connectivity index is 1.58. The summed E-state index contributed by atoms with van der Waals surface area (Å²) in [6.07, 6.45) is 13.8. The van der Waals surface area contributed by atoms with E-state index in [-0.39, 0.29) is 0 Å². The molecule has 2 rings (SSSR count). The normalized spacial score (nSPS) is 17.8. The smallest absolute Gasteiger partial charge is 0.120 e. The summed E-state index contributed by atoms with van der Waals surface area (Å²) < 4.78 is 0. The van der Waals surface area contributed by atoms with Gasteiger partial charge in [-0.1, -0.05) is 32.1 Å². The van der Waals surface area contributed by atoms with Gasteiger partial charge in [-0.2, -0.15) is 0 Å². The molecule has 0 radical (unpaired) electrons. The minimum atomic E-state index is 0.942. The van der Waals surface area contributed by atoms with E-state index in [0.29, 0.717) is 0 Å². The van der Waals surface area contributed by atoms with E-state index in [9.17, 15) is 0 Å². The Morgan fingerprint density at radius 3 is 2.88 bits per heavy atom. The molecule has 0 aliphatic heterocycles.